The molecule has 1 atom stereocenters. The predicted octanol–water partition coefficient (Wildman–Crippen LogP) is 3.10. The first kappa shape index (κ1) is 16.2. The first-order chi connectivity index (χ1) is 12.7. The molecule has 1 unspecified atom stereocenters. The molecular weight excluding hydrogens is 335 g/mol. The van der Waals surface area contributed by atoms with Crippen LogP contribution in [0.4, 0.5) is 4.39 Å². The van der Waals surface area contributed by atoms with Crippen LogP contribution in [-0.2, 0) is 0 Å². The first-order valence-corrected chi connectivity index (χ1v) is 9.67. The number of hydrogen-bond acceptors (Lipinski definition) is 5. The quantitative estimate of drug-likeness (QED) is 0.913. The second-order valence-corrected chi connectivity index (χ2v) is 7.73. The van der Waals surface area contributed by atoms with Gasteiger partial charge in [-0.2, -0.15) is 0 Å². The Labute approximate surface area is 151 Å². The van der Waals surface area contributed by atoms with E-state index in [2.05, 4.69) is 15.5 Å². The molecule has 6 nitrogen and oxygen atoms in total. The van der Waals surface area contributed by atoms with Crippen molar-refractivity contribution in [2.24, 2.45) is 0 Å². The van der Waals surface area contributed by atoms with E-state index >= 15 is 0 Å². The summed E-state index contributed by atoms with van der Waals surface area (Å²) in [5.74, 6) is 0.370. The molecule has 1 amide bonds. The van der Waals surface area contributed by atoms with E-state index in [4.69, 9.17) is 4.52 Å². The monoisotopic (exact) mass is 358 g/mol. The second-order valence-electron chi connectivity index (χ2n) is 7.73. The molecule has 1 saturated carbocycles. The number of pyridine rings is 1. The van der Waals surface area contributed by atoms with Gasteiger partial charge in [-0.05, 0) is 51.1 Å². The third-order valence-electron chi connectivity index (χ3n) is 5.82. The minimum absolute atomic E-state index is 0.0475. The molecule has 3 fully saturated rings. The number of nitrogens with zero attached hydrogens (tertiary/aromatic N) is 3. The maximum absolute atomic E-state index is 13.5. The van der Waals surface area contributed by atoms with Gasteiger partial charge in [0.25, 0.3) is 11.6 Å². The van der Waals surface area contributed by atoms with E-state index in [0.29, 0.717) is 43.1 Å². The fourth-order valence-electron chi connectivity index (χ4n) is 4.13. The molecule has 2 saturated heterocycles. The van der Waals surface area contributed by atoms with Crippen molar-refractivity contribution in [3.05, 3.63) is 23.0 Å². The molecule has 7 heteroatoms. The molecular formula is C19H23FN4O2. The van der Waals surface area contributed by atoms with Crippen LogP contribution in [0.2, 0.25) is 0 Å². The van der Waals surface area contributed by atoms with Crippen LogP contribution in [-0.4, -0.2) is 46.8 Å². The second kappa shape index (κ2) is 6.30. The molecule has 26 heavy (non-hydrogen) atoms. The van der Waals surface area contributed by atoms with Gasteiger partial charge in [-0.1, -0.05) is 5.16 Å². The van der Waals surface area contributed by atoms with Crippen molar-refractivity contribution in [2.75, 3.05) is 19.6 Å². The summed E-state index contributed by atoms with van der Waals surface area (Å²) in [6, 6.07) is 2.03. The summed E-state index contributed by atoms with van der Waals surface area (Å²) in [5.41, 5.74) is 2.79. The summed E-state index contributed by atoms with van der Waals surface area (Å²) in [6.07, 6.45) is 4.29. The zero-order valence-electron chi connectivity index (χ0n) is 14.7. The lowest BCUT2D eigenvalue weighted by Gasteiger charge is -2.29. The molecule has 0 spiro atoms. The van der Waals surface area contributed by atoms with Crippen molar-refractivity contribution in [2.45, 2.75) is 56.7 Å². The van der Waals surface area contributed by atoms with Crippen LogP contribution < -0.4 is 5.32 Å². The number of halogens is 1. The van der Waals surface area contributed by atoms with Gasteiger partial charge in [-0.15, -0.1) is 0 Å². The summed E-state index contributed by atoms with van der Waals surface area (Å²) in [7, 11) is 0. The largest absolute Gasteiger partial charge is 0.338 e. The molecule has 0 aromatic carbocycles. The van der Waals surface area contributed by atoms with Gasteiger partial charge < -0.3 is 14.7 Å². The standard InChI is InChI=1S/C19H23FN4O2/c20-12-5-8-24(9-6-12)19(25)13-10-15(11-3-4-11)22-18-16(13)17(23-26-18)14-2-1-7-21-14/h10-12,14,21H,1-9H2. The Hall–Kier alpha value is -2.02. The van der Waals surface area contributed by atoms with Crippen molar-refractivity contribution in [3.63, 3.8) is 0 Å². The number of likely N-dealkylation sites (tertiary alicyclic amines) is 1. The highest BCUT2D eigenvalue weighted by atomic mass is 19.1. The fraction of sp³-hybridized carbons (Fsp3) is 0.632. The summed E-state index contributed by atoms with van der Waals surface area (Å²) in [6.45, 7) is 1.87. The summed E-state index contributed by atoms with van der Waals surface area (Å²) < 4.78 is 19.0. The molecule has 0 bridgehead atoms. The zero-order valence-corrected chi connectivity index (χ0v) is 14.7. The minimum Gasteiger partial charge on any atom is -0.338 e. The highest BCUT2D eigenvalue weighted by molar-refractivity contribution is 6.06. The van der Waals surface area contributed by atoms with Gasteiger partial charge in [0.2, 0.25) is 0 Å². The van der Waals surface area contributed by atoms with Crippen LogP contribution in [0.25, 0.3) is 11.1 Å². The normalized spacial score (nSPS) is 24.5. The number of alkyl halides is 1. The minimum atomic E-state index is -0.799. The van der Waals surface area contributed by atoms with Crippen LogP contribution in [0.5, 0.6) is 0 Å². The molecule has 0 radical (unpaired) electrons. The van der Waals surface area contributed by atoms with Crippen molar-refractivity contribution >= 4 is 17.0 Å². The molecule has 138 valence electrons. The lowest BCUT2D eigenvalue weighted by Crippen LogP contribution is -2.39. The number of carbonyl (C=O) groups excluding carboxylic acids is 1. The fourth-order valence-corrected chi connectivity index (χ4v) is 4.13. The third kappa shape index (κ3) is 2.78. The highest BCUT2D eigenvalue weighted by Crippen LogP contribution is 2.41. The van der Waals surface area contributed by atoms with E-state index in [0.717, 1.165) is 49.0 Å². The Balaban J connectivity index is 1.58. The highest BCUT2D eigenvalue weighted by Gasteiger charge is 2.33. The summed E-state index contributed by atoms with van der Waals surface area (Å²) in [4.78, 5) is 19.7. The van der Waals surface area contributed by atoms with E-state index < -0.39 is 6.17 Å². The Bertz CT molecular complexity index is 833. The van der Waals surface area contributed by atoms with E-state index in [9.17, 15) is 9.18 Å². The average molecular weight is 358 g/mol. The lowest BCUT2D eigenvalue weighted by molar-refractivity contribution is 0.0668. The Morgan fingerprint density at radius 1 is 1.23 bits per heavy atom. The maximum Gasteiger partial charge on any atom is 0.259 e. The number of nitrogens with one attached hydrogen (secondary N) is 1. The molecule has 3 aliphatic rings. The molecule has 1 N–H and O–H groups in total. The summed E-state index contributed by atoms with van der Waals surface area (Å²) >= 11 is 0. The number of amides is 1. The van der Waals surface area contributed by atoms with Crippen LogP contribution >= 0.6 is 0 Å². The molecule has 5 rings (SSSR count). The number of rotatable bonds is 3. The first-order valence-electron chi connectivity index (χ1n) is 9.67. The zero-order chi connectivity index (χ0) is 17.7. The van der Waals surface area contributed by atoms with Gasteiger partial charge >= 0.3 is 0 Å². The van der Waals surface area contributed by atoms with Crippen LogP contribution in [0.3, 0.4) is 0 Å². The van der Waals surface area contributed by atoms with Gasteiger partial charge in [0.05, 0.1) is 17.0 Å². The maximum atomic E-state index is 13.5. The van der Waals surface area contributed by atoms with Crippen molar-refractivity contribution in [3.8, 4) is 0 Å². The smallest absolute Gasteiger partial charge is 0.259 e. The Kier molecular flexibility index (Phi) is 3.92. The average Bonchev–Trinajstić information content (AvgIpc) is 3.20. The van der Waals surface area contributed by atoms with E-state index in [1.807, 2.05) is 6.07 Å². The predicted molar refractivity (Wildman–Crippen MR) is 93.8 cm³/mol. The van der Waals surface area contributed by atoms with Crippen LogP contribution in [0.15, 0.2) is 10.6 Å². The number of aromatic nitrogens is 2. The molecule has 2 aromatic rings. The van der Waals surface area contributed by atoms with E-state index in [-0.39, 0.29) is 11.9 Å². The van der Waals surface area contributed by atoms with Crippen molar-refractivity contribution in [1.82, 2.24) is 20.4 Å². The van der Waals surface area contributed by atoms with Gasteiger partial charge in [-0.3, -0.25) is 4.79 Å². The van der Waals surface area contributed by atoms with Crippen molar-refractivity contribution in [1.29, 1.82) is 0 Å². The Morgan fingerprint density at radius 3 is 2.73 bits per heavy atom. The third-order valence-corrected chi connectivity index (χ3v) is 5.82. The number of fused-ring (bicyclic) bond motifs is 1. The number of hydrogen-bond donors (Lipinski definition) is 1. The number of carbonyl (C=O) groups is 1. The van der Waals surface area contributed by atoms with Crippen molar-refractivity contribution < 1.29 is 13.7 Å². The molecule has 4 heterocycles. The van der Waals surface area contributed by atoms with Crippen LogP contribution in [0, 0.1) is 0 Å². The van der Waals surface area contributed by atoms with Crippen LogP contribution in [0.1, 0.15) is 72.2 Å². The van der Waals surface area contributed by atoms with Gasteiger partial charge in [-0.25, -0.2) is 9.37 Å². The lowest BCUT2D eigenvalue weighted by atomic mass is 10.0. The molecule has 2 aliphatic heterocycles. The molecule has 1 aliphatic carbocycles. The van der Waals surface area contributed by atoms with Gasteiger partial charge in [0.15, 0.2) is 0 Å². The van der Waals surface area contributed by atoms with E-state index in [1.54, 1.807) is 4.90 Å². The number of piperidine rings is 1. The van der Waals surface area contributed by atoms with E-state index in [1.165, 1.54) is 0 Å². The SMILES string of the molecule is O=C(c1cc(C2CC2)nc2onc(C3CCCN3)c12)N1CCC(F)CC1. The Morgan fingerprint density at radius 2 is 2.04 bits per heavy atom. The molecule has 2 aromatic heterocycles. The summed E-state index contributed by atoms with van der Waals surface area (Å²) in [5, 5.41) is 8.43. The van der Waals surface area contributed by atoms with Gasteiger partial charge in [0.1, 0.15) is 11.9 Å². The topological polar surface area (TPSA) is 71.3 Å². The van der Waals surface area contributed by atoms with Gasteiger partial charge in [0, 0.05) is 24.7 Å².